The molecule has 204 valence electrons. The van der Waals surface area contributed by atoms with Crippen LogP contribution in [0.3, 0.4) is 0 Å². The van der Waals surface area contributed by atoms with Gasteiger partial charge in [-0.25, -0.2) is 8.78 Å². The van der Waals surface area contributed by atoms with Crippen molar-refractivity contribution in [3.8, 4) is 0 Å². The van der Waals surface area contributed by atoms with Gasteiger partial charge in [0.1, 0.15) is 11.6 Å². The molecule has 0 saturated carbocycles. The van der Waals surface area contributed by atoms with Crippen LogP contribution < -0.4 is 5.32 Å². The third kappa shape index (κ3) is 5.67. The van der Waals surface area contributed by atoms with E-state index in [0.29, 0.717) is 55.7 Å². The van der Waals surface area contributed by atoms with Gasteiger partial charge < -0.3 is 19.5 Å². The summed E-state index contributed by atoms with van der Waals surface area (Å²) in [5.41, 5.74) is 2.39. The lowest BCUT2D eigenvalue weighted by atomic mass is 9.88. The second-order valence-corrected chi connectivity index (χ2v) is 9.42. The number of methoxy groups -OCH3 is 1. The van der Waals surface area contributed by atoms with E-state index in [9.17, 15) is 31.5 Å². The first-order valence-electron chi connectivity index (χ1n) is 12.2. The van der Waals surface area contributed by atoms with Crippen LogP contribution in [0.1, 0.15) is 45.8 Å². The molecule has 2 heterocycles. The van der Waals surface area contributed by atoms with Crippen LogP contribution in [0.4, 0.5) is 22.0 Å². The van der Waals surface area contributed by atoms with E-state index >= 15 is 0 Å². The molecule has 1 aliphatic heterocycles. The number of piperidine rings is 1. The zero-order valence-corrected chi connectivity index (χ0v) is 21.0. The number of rotatable bonds is 7. The second kappa shape index (κ2) is 11.1. The summed E-state index contributed by atoms with van der Waals surface area (Å²) in [7, 11) is 1.56. The fraction of sp³-hybridized carbons (Fsp3) is 0.407. The number of carbonyl (C=O) groups excluding carboxylic acids is 2. The van der Waals surface area contributed by atoms with Gasteiger partial charge in [0.2, 0.25) is 0 Å². The quantitative estimate of drug-likeness (QED) is 0.428. The Hall–Kier alpha value is -3.47. The molecule has 0 unspecified atom stereocenters. The van der Waals surface area contributed by atoms with Crippen LogP contribution in [-0.4, -0.2) is 54.3 Å². The number of aryl methyl sites for hydroxylation is 1. The highest BCUT2D eigenvalue weighted by atomic mass is 19.4. The number of halogens is 5. The first kappa shape index (κ1) is 27.6. The van der Waals surface area contributed by atoms with Gasteiger partial charge in [-0.1, -0.05) is 18.2 Å². The number of aromatic nitrogens is 1. The van der Waals surface area contributed by atoms with Gasteiger partial charge in [0.15, 0.2) is 0 Å². The second-order valence-electron chi connectivity index (χ2n) is 9.42. The standard InChI is InChI=1S/C27H28F5N3O3/c1-16-3-5-22(29)23-20(15-35(24(16)23)11-12-38-2)25(36)34-9-7-18(8-10-34)19-13-17(4-6-21(19)28)14-33-26(37)27(30,31)32/h3-6,13,15,18H,7-12,14H2,1-2H3,(H,33,37). The lowest BCUT2D eigenvalue weighted by Crippen LogP contribution is -2.38. The molecule has 0 atom stereocenters. The Morgan fingerprint density at radius 3 is 2.42 bits per heavy atom. The molecule has 0 spiro atoms. The van der Waals surface area contributed by atoms with Crippen LogP contribution >= 0.6 is 0 Å². The predicted octanol–water partition coefficient (Wildman–Crippen LogP) is 5.07. The number of ether oxygens (including phenoxy) is 1. The summed E-state index contributed by atoms with van der Waals surface area (Å²) in [6.07, 6.45) is -2.51. The van der Waals surface area contributed by atoms with Crippen LogP contribution in [0.5, 0.6) is 0 Å². The highest BCUT2D eigenvalue weighted by Gasteiger charge is 2.38. The van der Waals surface area contributed by atoms with Crippen molar-refractivity contribution in [2.45, 2.75) is 44.9 Å². The summed E-state index contributed by atoms with van der Waals surface area (Å²) in [5.74, 6) is -3.64. The van der Waals surface area contributed by atoms with E-state index in [1.165, 1.54) is 24.3 Å². The summed E-state index contributed by atoms with van der Waals surface area (Å²) in [6, 6.07) is 6.95. The minimum absolute atomic E-state index is 0.254. The van der Waals surface area contributed by atoms with Crippen molar-refractivity contribution in [1.29, 1.82) is 0 Å². The average Bonchev–Trinajstić information content (AvgIpc) is 3.29. The van der Waals surface area contributed by atoms with E-state index in [4.69, 9.17) is 4.74 Å². The molecule has 4 rings (SSSR count). The number of nitrogens with one attached hydrogen (secondary N) is 1. The Bertz CT molecular complexity index is 1340. The van der Waals surface area contributed by atoms with Crippen LogP contribution in [0.25, 0.3) is 10.9 Å². The van der Waals surface area contributed by atoms with Gasteiger partial charge in [0.05, 0.1) is 17.7 Å². The molecular formula is C27H28F5N3O3. The average molecular weight is 538 g/mol. The Kier molecular flexibility index (Phi) is 8.05. The Morgan fingerprint density at radius 1 is 1.08 bits per heavy atom. The molecule has 2 amide bonds. The summed E-state index contributed by atoms with van der Waals surface area (Å²) in [6.45, 7) is 2.91. The summed E-state index contributed by atoms with van der Waals surface area (Å²) in [4.78, 5) is 26.2. The normalized spacial score (nSPS) is 14.8. The van der Waals surface area contributed by atoms with Crippen molar-refractivity contribution < 1.29 is 36.3 Å². The van der Waals surface area contributed by atoms with Gasteiger partial charge in [-0.05, 0) is 54.5 Å². The zero-order valence-electron chi connectivity index (χ0n) is 21.0. The zero-order chi connectivity index (χ0) is 27.6. The number of nitrogens with zero attached hydrogens (tertiary/aromatic N) is 2. The van der Waals surface area contributed by atoms with Gasteiger partial charge in [0, 0.05) is 44.9 Å². The van der Waals surface area contributed by atoms with Gasteiger partial charge in [0.25, 0.3) is 5.91 Å². The maximum atomic E-state index is 14.9. The number of fused-ring (bicyclic) bond motifs is 1. The van der Waals surface area contributed by atoms with Crippen molar-refractivity contribution in [3.63, 3.8) is 0 Å². The largest absolute Gasteiger partial charge is 0.471 e. The molecule has 0 aliphatic carbocycles. The summed E-state index contributed by atoms with van der Waals surface area (Å²) < 4.78 is 73.9. The molecule has 3 aromatic rings. The van der Waals surface area contributed by atoms with E-state index < -0.39 is 23.7 Å². The monoisotopic (exact) mass is 537 g/mol. The molecule has 6 nitrogen and oxygen atoms in total. The number of alkyl halides is 3. The van der Waals surface area contributed by atoms with Gasteiger partial charge in [-0.15, -0.1) is 0 Å². The molecule has 0 bridgehead atoms. The van der Waals surface area contributed by atoms with Crippen molar-refractivity contribution in [2.75, 3.05) is 26.8 Å². The molecule has 0 radical (unpaired) electrons. The maximum absolute atomic E-state index is 14.9. The fourth-order valence-corrected chi connectivity index (χ4v) is 4.97. The van der Waals surface area contributed by atoms with Gasteiger partial charge in [-0.2, -0.15) is 13.2 Å². The van der Waals surface area contributed by atoms with Gasteiger partial charge in [-0.3, -0.25) is 9.59 Å². The first-order valence-corrected chi connectivity index (χ1v) is 12.2. The van der Waals surface area contributed by atoms with Crippen LogP contribution in [0.2, 0.25) is 0 Å². The maximum Gasteiger partial charge on any atom is 0.471 e. The van der Waals surface area contributed by atoms with Crippen molar-refractivity contribution in [2.24, 2.45) is 0 Å². The van der Waals surface area contributed by atoms with E-state index in [0.717, 1.165) is 5.56 Å². The molecular weight excluding hydrogens is 509 g/mol. The Morgan fingerprint density at radius 2 is 1.76 bits per heavy atom. The molecule has 1 saturated heterocycles. The SMILES string of the molecule is COCCn1cc(C(=O)N2CCC(c3cc(CNC(=O)C(F)(F)F)ccc3F)CC2)c2c(F)ccc(C)c21. The number of carbonyl (C=O) groups is 2. The highest BCUT2D eigenvalue weighted by molar-refractivity contribution is 6.08. The predicted molar refractivity (Wildman–Crippen MR) is 131 cm³/mol. The lowest BCUT2D eigenvalue weighted by molar-refractivity contribution is -0.173. The minimum Gasteiger partial charge on any atom is -0.383 e. The molecule has 1 fully saturated rings. The van der Waals surface area contributed by atoms with Gasteiger partial charge >= 0.3 is 12.1 Å². The molecule has 2 aromatic carbocycles. The number of likely N-dealkylation sites (tertiary alicyclic amines) is 1. The number of hydrogen-bond donors (Lipinski definition) is 1. The van der Waals surface area contributed by atoms with Crippen molar-refractivity contribution in [3.05, 3.63) is 70.4 Å². The van der Waals surface area contributed by atoms with E-state index in [2.05, 4.69) is 0 Å². The van der Waals surface area contributed by atoms with Crippen molar-refractivity contribution in [1.82, 2.24) is 14.8 Å². The van der Waals surface area contributed by atoms with E-state index in [1.807, 2.05) is 11.5 Å². The van der Waals surface area contributed by atoms with Crippen LogP contribution in [0, 0.1) is 18.6 Å². The lowest BCUT2D eigenvalue weighted by Gasteiger charge is -2.32. The molecule has 1 N–H and O–H groups in total. The van der Waals surface area contributed by atoms with E-state index in [-0.39, 0.29) is 29.3 Å². The van der Waals surface area contributed by atoms with Crippen LogP contribution in [-0.2, 0) is 22.6 Å². The Balaban J connectivity index is 1.49. The smallest absolute Gasteiger partial charge is 0.383 e. The summed E-state index contributed by atoms with van der Waals surface area (Å²) >= 11 is 0. The summed E-state index contributed by atoms with van der Waals surface area (Å²) in [5, 5.41) is 2.04. The molecule has 38 heavy (non-hydrogen) atoms. The fourth-order valence-electron chi connectivity index (χ4n) is 4.97. The first-order chi connectivity index (χ1) is 18.0. The minimum atomic E-state index is -5.00. The molecule has 1 aromatic heterocycles. The molecule has 11 heteroatoms. The highest BCUT2D eigenvalue weighted by Crippen LogP contribution is 2.33. The molecule has 1 aliphatic rings. The number of amides is 2. The Labute approximate surface area is 216 Å². The number of benzene rings is 2. The van der Waals surface area contributed by atoms with E-state index in [1.54, 1.807) is 29.6 Å². The van der Waals surface area contributed by atoms with Crippen molar-refractivity contribution >= 4 is 22.7 Å². The third-order valence-electron chi connectivity index (χ3n) is 6.93. The number of hydrogen-bond acceptors (Lipinski definition) is 3. The third-order valence-corrected chi connectivity index (χ3v) is 6.93. The van der Waals surface area contributed by atoms with Crippen LogP contribution in [0.15, 0.2) is 36.5 Å². The topological polar surface area (TPSA) is 63.6 Å².